The van der Waals surface area contributed by atoms with Gasteiger partial charge in [0.05, 0.1) is 5.69 Å². The second-order valence-corrected chi connectivity index (χ2v) is 12.1. The fourth-order valence-electron chi connectivity index (χ4n) is 5.15. The van der Waals surface area contributed by atoms with E-state index in [1.54, 1.807) is 11.8 Å². The molecular formula is C33H35F3N6O2S. The minimum absolute atomic E-state index is 0.0859. The number of hydrogen-bond acceptors (Lipinski definition) is 5. The van der Waals surface area contributed by atoms with Gasteiger partial charge in [0, 0.05) is 36.0 Å². The topological polar surface area (TPSA) is 84.6 Å². The second kappa shape index (κ2) is 13.8. The number of amides is 2. The van der Waals surface area contributed by atoms with Gasteiger partial charge in [0.25, 0.3) is 0 Å². The molecule has 0 radical (unpaired) electrons. The summed E-state index contributed by atoms with van der Waals surface area (Å²) in [7, 11) is 0. The third kappa shape index (κ3) is 8.05. The fourth-order valence-corrected chi connectivity index (χ4v) is 6.10. The highest BCUT2D eigenvalue weighted by atomic mass is 32.2. The number of thioether (sulfide) groups is 1. The summed E-state index contributed by atoms with van der Waals surface area (Å²) in [6.45, 7) is 9.74. The molecule has 1 fully saturated rings. The number of carbonyl (C=O) groups excluding carboxylic acids is 1. The van der Waals surface area contributed by atoms with Crippen molar-refractivity contribution in [1.82, 2.24) is 20.1 Å². The maximum Gasteiger partial charge on any atom is 0.573 e. The largest absolute Gasteiger partial charge is 0.573 e. The maximum absolute atomic E-state index is 12.9. The molecule has 12 heteroatoms. The van der Waals surface area contributed by atoms with Crippen molar-refractivity contribution in [1.29, 1.82) is 0 Å². The Kier molecular flexibility index (Phi) is 9.81. The molecule has 5 rings (SSSR count). The van der Waals surface area contributed by atoms with E-state index in [1.807, 2.05) is 24.3 Å². The number of aliphatic imine (C=N–C) groups is 1. The molecule has 45 heavy (non-hydrogen) atoms. The predicted molar refractivity (Wildman–Crippen MR) is 172 cm³/mol. The highest BCUT2D eigenvalue weighted by Crippen LogP contribution is 2.33. The number of rotatable bonds is 9. The summed E-state index contributed by atoms with van der Waals surface area (Å²) in [5.74, 6) is 1.48. The minimum Gasteiger partial charge on any atom is -0.406 e. The molecule has 0 saturated carbocycles. The zero-order valence-electron chi connectivity index (χ0n) is 25.5. The van der Waals surface area contributed by atoms with Crippen LogP contribution in [0.1, 0.15) is 55.7 Å². The van der Waals surface area contributed by atoms with E-state index in [4.69, 9.17) is 0 Å². The first-order valence-electron chi connectivity index (χ1n) is 14.8. The van der Waals surface area contributed by atoms with Gasteiger partial charge >= 0.3 is 12.4 Å². The number of ether oxygens (including phenoxy) is 1. The van der Waals surface area contributed by atoms with Crippen molar-refractivity contribution in [3.8, 4) is 22.8 Å². The van der Waals surface area contributed by atoms with E-state index in [0.717, 1.165) is 40.7 Å². The Morgan fingerprint density at radius 1 is 1.09 bits per heavy atom. The lowest BCUT2D eigenvalue weighted by molar-refractivity contribution is -0.274. The molecule has 1 atom stereocenters. The van der Waals surface area contributed by atoms with Crippen LogP contribution in [0, 0.1) is 6.92 Å². The normalized spacial score (nSPS) is 15.1. The number of aryl methyl sites for hydroxylation is 1. The fraction of sp³-hybridized carbons (Fsp3) is 0.333. The number of anilines is 1. The van der Waals surface area contributed by atoms with Crippen LogP contribution in [0.25, 0.3) is 17.1 Å². The summed E-state index contributed by atoms with van der Waals surface area (Å²) in [6.07, 6.45) is -2.43. The molecule has 1 saturated heterocycles. The second-order valence-electron chi connectivity index (χ2n) is 11.1. The summed E-state index contributed by atoms with van der Waals surface area (Å²) in [5, 5.41) is 8.19. The lowest BCUT2D eigenvalue weighted by Gasteiger charge is -2.23. The standard InChI is InChI=1S/C33H35F3N6O2S/c1-5-23(19-37-31(43)39-32-41(16-17-45-32)29-18-22(4)6-15-28(29)21(2)3)24-7-9-25(10-8-24)30-38-20-42(40-30)26-11-13-27(14-12-26)44-33(34,35)36/h6-15,18,20-21,23H,5,16-17,19H2,1-4H3,(H,37,43). The molecule has 4 aromatic rings. The number of urea groups is 1. The van der Waals surface area contributed by atoms with Gasteiger partial charge in [-0.25, -0.2) is 14.5 Å². The molecule has 0 aliphatic carbocycles. The van der Waals surface area contributed by atoms with Gasteiger partial charge in [-0.1, -0.05) is 68.9 Å². The van der Waals surface area contributed by atoms with Gasteiger partial charge in [-0.15, -0.1) is 18.3 Å². The number of aromatic nitrogens is 3. The third-order valence-corrected chi connectivity index (χ3v) is 8.49. The van der Waals surface area contributed by atoms with Crippen molar-refractivity contribution >= 4 is 28.6 Å². The van der Waals surface area contributed by atoms with Gasteiger partial charge < -0.3 is 15.0 Å². The van der Waals surface area contributed by atoms with Crippen LogP contribution in [0.2, 0.25) is 0 Å². The Morgan fingerprint density at radius 2 is 1.82 bits per heavy atom. The zero-order valence-corrected chi connectivity index (χ0v) is 26.3. The molecule has 1 aromatic heterocycles. The number of alkyl halides is 3. The first kappa shape index (κ1) is 32.1. The highest BCUT2D eigenvalue weighted by Gasteiger charge is 2.31. The van der Waals surface area contributed by atoms with Gasteiger partial charge in [0.2, 0.25) is 0 Å². The Balaban J connectivity index is 1.21. The van der Waals surface area contributed by atoms with Crippen molar-refractivity contribution in [2.75, 3.05) is 23.7 Å². The molecule has 1 aliphatic rings. The smallest absolute Gasteiger partial charge is 0.406 e. The minimum atomic E-state index is -4.75. The predicted octanol–water partition coefficient (Wildman–Crippen LogP) is 8.08. The average Bonchev–Trinajstić information content (AvgIpc) is 3.68. The number of benzene rings is 3. The van der Waals surface area contributed by atoms with Crippen LogP contribution >= 0.6 is 11.8 Å². The van der Waals surface area contributed by atoms with E-state index in [1.165, 1.54) is 46.4 Å². The SMILES string of the molecule is CCC(CNC(=O)N=C1SCCN1c1cc(C)ccc1C(C)C)c1ccc(-c2ncn(-c3ccc(OC(F)(F)F)cc3)n2)cc1. The van der Waals surface area contributed by atoms with Crippen molar-refractivity contribution in [3.63, 3.8) is 0 Å². The van der Waals surface area contributed by atoms with Crippen LogP contribution in [0.4, 0.5) is 23.7 Å². The Hall–Kier alpha value is -4.32. The van der Waals surface area contributed by atoms with Crippen LogP contribution in [-0.2, 0) is 0 Å². The summed E-state index contributed by atoms with van der Waals surface area (Å²) in [4.78, 5) is 23.9. The zero-order chi connectivity index (χ0) is 32.1. The summed E-state index contributed by atoms with van der Waals surface area (Å²) >= 11 is 1.59. The van der Waals surface area contributed by atoms with E-state index in [0.29, 0.717) is 24.0 Å². The lowest BCUT2D eigenvalue weighted by Crippen LogP contribution is -2.30. The Labute approximate surface area is 264 Å². The number of amidine groups is 1. The molecule has 1 aliphatic heterocycles. The van der Waals surface area contributed by atoms with E-state index >= 15 is 0 Å². The molecule has 0 spiro atoms. The third-order valence-electron chi connectivity index (χ3n) is 7.53. The van der Waals surface area contributed by atoms with Crippen LogP contribution in [-0.4, -0.2) is 51.2 Å². The maximum atomic E-state index is 12.9. The molecule has 236 valence electrons. The molecular weight excluding hydrogens is 601 g/mol. The molecule has 2 heterocycles. The number of hydrogen-bond donors (Lipinski definition) is 1. The molecule has 1 N–H and O–H groups in total. The van der Waals surface area contributed by atoms with Crippen molar-refractivity contribution < 1.29 is 22.7 Å². The number of nitrogens with zero attached hydrogens (tertiary/aromatic N) is 5. The van der Waals surface area contributed by atoms with Gasteiger partial charge in [0.1, 0.15) is 12.1 Å². The summed E-state index contributed by atoms with van der Waals surface area (Å²) in [5.41, 5.74) is 5.91. The number of halogens is 3. The Bertz CT molecular complexity index is 1650. The number of nitrogens with one attached hydrogen (secondary N) is 1. The number of carbonyl (C=O) groups is 1. The van der Waals surface area contributed by atoms with Crippen LogP contribution in [0.5, 0.6) is 5.75 Å². The van der Waals surface area contributed by atoms with Gasteiger partial charge in [-0.3, -0.25) is 0 Å². The Morgan fingerprint density at radius 3 is 2.49 bits per heavy atom. The monoisotopic (exact) mass is 636 g/mol. The van der Waals surface area contributed by atoms with Crippen LogP contribution < -0.4 is 15.0 Å². The van der Waals surface area contributed by atoms with Crippen LogP contribution in [0.3, 0.4) is 0 Å². The average molecular weight is 637 g/mol. The summed E-state index contributed by atoms with van der Waals surface area (Å²) in [6, 6.07) is 19.3. The van der Waals surface area contributed by atoms with Crippen LogP contribution in [0.15, 0.2) is 78.0 Å². The molecule has 8 nitrogen and oxygen atoms in total. The van der Waals surface area contributed by atoms with E-state index < -0.39 is 6.36 Å². The van der Waals surface area contributed by atoms with Crippen molar-refractivity contribution in [3.05, 3.63) is 89.7 Å². The van der Waals surface area contributed by atoms with Crippen molar-refractivity contribution in [2.24, 2.45) is 4.99 Å². The quantitative estimate of drug-likeness (QED) is 0.200. The van der Waals surface area contributed by atoms with Gasteiger partial charge in [-0.2, -0.15) is 4.99 Å². The van der Waals surface area contributed by atoms with Gasteiger partial charge in [-0.05, 0) is 66.3 Å². The highest BCUT2D eigenvalue weighted by molar-refractivity contribution is 8.14. The van der Waals surface area contributed by atoms with E-state index in [9.17, 15) is 18.0 Å². The van der Waals surface area contributed by atoms with E-state index in [-0.39, 0.29) is 17.7 Å². The molecule has 0 bridgehead atoms. The molecule has 2 amide bonds. The first-order chi connectivity index (χ1) is 21.5. The van der Waals surface area contributed by atoms with Crippen molar-refractivity contribution in [2.45, 2.75) is 52.3 Å². The molecule has 1 unspecified atom stereocenters. The lowest BCUT2D eigenvalue weighted by atomic mass is 9.95. The summed E-state index contributed by atoms with van der Waals surface area (Å²) < 4.78 is 42.7. The molecule has 3 aromatic carbocycles. The first-order valence-corrected chi connectivity index (χ1v) is 15.7. The van der Waals surface area contributed by atoms with Gasteiger partial charge in [0.15, 0.2) is 11.0 Å². The van der Waals surface area contributed by atoms with E-state index in [2.05, 4.69) is 75.9 Å².